The number of rotatable bonds is 4. The second-order valence-electron chi connectivity index (χ2n) is 5.49. The average Bonchev–Trinajstić information content (AvgIpc) is 2.47. The molecule has 0 radical (unpaired) electrons. The summed E-state index contributed by atoms with van der Waals surface area (Å²) in [6.07, 6.45) is 0.448. The number of halogens is 1. The van der Waals surface area contributed by atoms with Crippen molar-refractivity contribution in [3.63, 3.8) is 0 Å². The molecule has 0 saturated carbocycles. The molecule has 1 N–H and O–H groups in total. The largest absolute Gasteiger partial charge is 0.375 e. The van der Waals surface area contributed by atoms with Crippen LogP contribution in [-0.2, 0) is 9.53 Å². The number of carbonyl (C=O) groups excluding carboxylic acids is 1. The normalized spacial score (nSPS) is 19.5. The van der Waals surface area contributed by atoms with Gasteiger partial charge >= 0.3 is 0 Å². The van der Waals surface area contributed by atoms with Crippen LogP contribution >= 0.6 is 12.4 Å². The fraction of sp³-hybridized carbons (Fsp3) is 0.562. The number of amides is 1. The lowest BCUT2D eigenvalue weighted by Gasteiger charge is -2.29. The Morgan fingerprint density at radius 3 is 2.67 bits per heavy atom. The Balaban J connectivity index is 0.00000220. The first-order valence-electron chi connectivity index (χ1n) is 7.22. The molecule has 1 heterocycles. The van der Waals surface area contributed by atoms with Crippen molar-refractivity contribution in [1.82, 2.24) is 10.2 Å². The summed E-state index contributed by atoms with van der Waals surface area (Å²) in [7, 11) is 1.86. The van der Waals surface area contributed by atoms with Crippen LogP contribution in [0.3, 0.4) is 0 Å². The molecule has 2 unspecified atom stereocenters. The third kappa shape index (κ3) is 4.99. The zero-order chi connectivity index (χ0) is 14.5. The number of hydrogen-bond donors (Lipinski definition) is 1. The van der Waals surface area contributed by atoms with E-state index < -0.39 is 0 Å². The molecule has 0 spiro atoms. The van der Waals surface area contributed by atoms with Gasteiger partial charge in [-0.15, -0.1) is 12.4 Å². The van der Waals surface area contributed by atoms with Crippen LogP contribution in [0.4, 0.5) is 0 Å². The molecule has 2 rings (SSSR count). The van der Waals surface area contributed by atoms with Gasteiger partial charge in [0.25, 0.3) is 0 Å². The summed E-state index contributed by atoms with van der Waals surface area (Å²) in [5, 5.41) is 3.25. The van der Waals surface area contributed by atoms with E-state index in [4.69, 9.17) is 4.74 Å². The van der Waals surface area contributed by atoms with Gasteiger partial charge in [-0.1, -0.05) is 29.8 Å². The Hall–Kier alpha value is -1.10. The Morgan fingerprint density at radius 1 is 1.43 bits per heavy atom. The van der Waals surface area contributed by atoms with Gasteiger partial charge in [0.05, 0.1) is 25.2 Å². The second-order valence-corrected chi connectivity index (χ2v) is 5.49. The Morgan fingerprint density at radius 2 is 2.10 bits per heavy atom. The molecule has 1 aromatic carbocycles. The maximum atomic E-state index is 12.3. The van der Waals surface area contributed by atoms with Crippen molar-refractivity contribution < 1.29 is 9.53 Å². The minimum absolute atomic E-state index is 0. The highest BCUT2D eigenvalue weighted by Gasteiger charge is 2.22. The van der Waals surface area contributed by atoms with E-state index in [1.165, 1.54) is 5.56 Å². The van der Waals surface area contributed by atoms with E-state index in [-0.39, 0.29) is 30.5 Å². The van der Waals surface area contributed by atoms with Gasteiger partial charge in [-0.05, 0) is 19.4 Å². The van der Waals surface area contributed by atoms with Crippen LogP contribution < -0.4 is 5.32 Å². The maximum absolute atomic E-state index is 12.3. The van der Waals surface area contributed by atoms with Crippen LogP contribution in [0.1, 0.15) is 30.5 Å². The number of carbonyl (C=O) groups is 1. The summed E-state index contributed by atoms with van der Waals surface area (Å²) < 4.78 is 5.59. The van der Waals surface area contributed by atoms with Crippen LogP contribution in [0, 0.1) is 6.92 Å². The molecule has 0 bridgehead atoms. The molecule has 2 atom stereocenters. The minimum Gasteiger partial charge on any atom is -0.375 e. The number of hydrogen-bond acceptors (Lipinski definition) is 3. The Kier molecular flexibility index (Phi) is 7.15. The van der Waals surface area contributed by atoms with Crippen molar-refractivity contribution in [2.45, 2.75) is 32.4 Å². The highest BCUT2D eigenvalue weighted by molar-refractivity contribution is 5.85. The summed E-state index contributed by atoms with van der Waals surface area (Å²) in [5.74, 6) is 0.131. The van der Waals surface area contributed by atoms with Crippen molar-refractivity contribution in [1.29, 1.82) is 0 Å². The molecule has 1 aliphatic heterocycles. The number of nitrogens with one attached hydrogen (secondary N) is 1. The molecule has 21 heavy (non-hydrogen) atoms. The molecule has 5 heteroatoms. The van der Waals surface area contributed by atoms with Crippen molar-refractivity contribution in [3.8, 4) is 0 Å². The van der Waals surface area contributed by atoms with Gasteiger partial charge in [0.15, 0.2) is 0 Å². The Bertz CT molecular complexity index is 444. The van der Waals surface area contributed by atoms with E-state index in [1.54, 1.807) is 0 Å². The van der Waals surface area contributed by atoms with Crippen LogP contribution in [0.5, 0.6) is 0 Å². The van der Waals surface area contributed by atoms with Crippen LogP contribution in [0.15, 0.2) is 24.3 Å². The lowest BCUT2D eigenvalue weighted by atomic mass is 10.0. The summed E-state index contributed by atoms with van der Waals surface area (Å²) in [4.78, 5) is 14.1. The van der Waals surface area contributed by atoms with E-state index >= 15 is 0 Å². The van der Waals surface area contributed by atoms with E-state index in [1.807, 2.05) is 11.9 Å². The fourth-order valence-corrected chi connectivity index (χ4v) is 2.37. The summed E-state index contributed by atoms with van der Waals surface area (Å²) in [5.41, 5.74) is 2.39. The first-order chi connectivity index (χ1) is 9.58. The first kappa shape index (κ1) is 18.0. The number of ether oxygens (including phenoxy) is 1. The third-order valence-electron chi connectivity index (χ3n) is 3.94. The molecule has 1 saturated heterocycles. The van der Waals surface area contributed by atoms with Crippen molar-refractivity contribution in [3.05, 3.63) is 35.4 Å². The molecule has 1 aromatic rings. The van der Waals surface area contributed by atoms with Crippen molar-refractivity contribution >= 4 is 18.3 Å². The van der Waals surface area contributed by atoms with Gasteiger partial charge in [0.1, 0.15) is 0 Å². The molecular formula is C16H25ClN2O2. The summed E-state index contributed by atoms with van der Waals surface area (Å²) in [6, 6.07) is 8.42. The maximum Gasteiger partial charge on any atom is 0.225 e. The topological polar surface area (TPSA) is 41.6 Å². The van der Waals surface area contributed by atoms with Crippen LogP contribution in [0.2, 0.25) is 0 Å². The van der Waals surface area contributed by atoms with Crippen molar-refractivity contribution in [2.75, 3.05) is 26.7 Å². The lowest BCUT2D eigenvalue weighted by Crippen LogP contribution is -2.42. The molecule has 1 aliphatic rings. The zero-order valence-corrected chi connectivity index (χ0v) is 13.8. The standard InChI is InChI=1S/C16H24N2O2.ClH/c1-12-4-6-14(7-5-12)13(2)18(3)16(19)10-15-11-17-8-9-20-15;/h4-7,13,15,17H,8-11H2,1-3H3;1H. The Labute approximate surface area is 133 Å². The molecule has 118 valence electrons. The van der Waals surface area contributed by atoms with Crippen molar-refractivity contribution in [2.24, 2.45) is 0 Å². The average molecular weight is 313 g/mol. The number of benzene rings is 1. The smallest absolute Gasteiger partial charge is 0.225 e. The molecule has 1 amide bonds. The van der Waals surface area contributed by atoms with Gasteiger partial charge in [0.2, 0.25) is 5.91 Å². The first-order valence-corrected chi connectivity index (χ1v) is 7.22. The quantitative estimate of drug-likeness (QED) is 0.927. The highest BCUT2D eigenvalue weighted by Crippen LogP contribution is 2.20. The highest BCUT2D eigenvalue weighted by atomic mass is 35.5. The molecule has 4 nitrogen and oxygen atoms in total. The predicted molar refractivity (Wildman–Crippen MR) is 86.8 cm³/mol. The van der Waals surface area contributed by atoms with Gasteiger partial charge in [-0.3, -0.25) is 4.79 Å². The summed E-state index contributed by atoms with van der Waals surface area (Å²) >= 11 is 0. The van der Waals surface area contributed by atoms with Gasteiger partial charge in [-0.2, -0.15) is 0 Å². The van der Waals surface area contributed by atoms with Gasteiger partial charge in [-0.25, -0.2) is 0 Å². The number of morpholine rings is 1. The lowest BCUT2D eigenvalue weighted by molar-refractivity contribution is -0.135. The van der Waals surface area contributed by atoms with Gasteiger partial charge in [0, 0.05) is 20.1 Å². The van der Waals surface area contributed by atoms with E-state index in [9.17, 15) is 4.79 Å². The minimum atomic E-state index is 0. The molecule has 0 aromatic heterocycles. The molecular weight excluding hydrogens is 288 g/mol. The summed E-state index contributed by atoms with van der Waals surface area (Å²) in [6.45, 7) is 6.45. The second kappa shape index (κ2) is 8.37. The third-order valence-corrected chi connectivity index (χ3v) is 3.94. The monoisotopic (exact) mass is 312 g/mol. The predicted octanol–water partition coefficient (Wildman–Crippen LogP) is 2.31. The van der Waals surface area contributed by atoms with Crippen LogP contribution in [0.25, 0.3) is 0 Å². The van der Waals surface area contributed by atoms with E-state index in [2.05, 4.69) is 43.4 Å². The van der Waals surface area contributed by atoms with Gasteiger partial charge < -0.3 is 15.0 Å². The SMILES string of the molecule is Cc1ccc(C(C)N(C)C(=O)CC2CNCCO2)cc1.Cl. The molecule has 1 fully saturated rings. The molecule has 0 aliphatic carbocycles. The number of nitrogens with zero attached hydrogens (tertiary/aromatic N) is 1. The van der Waals surface area contributed by atoms with Crippen LogP contribution in [-0.4, -0.2) is 43.7 Å². The fourth-order valence-electron chi connectivity index (χ4n) is 2.37. The number of aryl methyl sites for hydroxylation is 1. The zero-order valence-electron chi connectivity index (χ0n) is 13.0. The van der Waals surface area contributed by atoms with E-state index in [0.29, 0.717) is 13.0 Å². The van der Waals surface area contributed by atoms with E-state index in [0.717, 1.165) is 18.7 Å².